The summed E-state index contributed by atoms with van der Waals surface area (Å²) >= 11 is 0. The van der Waals surface area contributed by atoms with Crippen LogP contribution >= 0.6 is 0 Å². The van der Waals surface area contributed by atoms with Gasteiger partial charge >= 0.3 is 6.03 Å². The Bertz CT molecular complexity index is 1090. The monoisotopic (exact) mass is 490 g/mol. The number of fused-ring (bicyclic) bond motifs is 1. The minimum Gasteiger partial charge on any atom is -0.487 e. The Hall–Kier alpha value is -2.69. The molecule has 10 heteroatoms. The fraction of sp³-hybridized carbons (Fsp3) is 0.500. The first-order valence-electron chi connectivity index (χ1n) is 11.4. The van der Waals surface area contributed by atoms with Gasteiger partial charge in [-0.2, -0.15) is 4.31 Å². The summed E-state index contributed by atoms with van der Waals surface area (Å²) in [6.45, 7) is 7.44. The van der Waals surface area contributed by atoms with Crippen molar-refractivity contribution in [2.45, 2.75) is 50.8 Å². The van der Waals surface area contributed by atoms with Crippen LogP contribution in [0.1, 0.15) is 27.7 Å². The summed E-state index contributed by atoms with van der Waals surface area (Å²) < 4.78 is 34.8. The van der Waals surface area contributed by atoms with Crippen molar-refractivity contribution in [1.82, 2.24) is 19.5 Å². The Morgan fingerprint density at radius 1 is 1.29 bits per heavy atom. The third-order valence-corrected chi connectivity index (χ3v) is 7.89. The standard InChI is InChI=1S/C24H34N4O5S/c1-16(2)26-24(30)27(5)14-22-17(3)13-28(18(4)15-29)34(31,32)23-9-8-19(11-21(23)33-22)20-7-6-10-25-12-20/h6-12,16-18,22,29H,13-15H2,1-5H3,(H,26,30)/t17-,18+,22-/m0/s1. The van der Waals surface area contributed by atoms with Gasteiger partial charge in [0.05, 0.1) is 13.2 Å². The van der Waals surface area contributed by atoms with Crippen molar-refractivity contribution in [3.05, 3.63) is 42.7 Å². The molecular weight excluding hydrogens is 456 g/mol. The molecule has 0 fully saturated rings. The van der Waals surface area contributed by atoms with Gasteiger partial charge in [-0.05, 0) is 44.5 Å². The minimum atomic E-state index is -3.93. The molecule has 2 heterocycles. The maximum absolute atomic E-state index is 13.6. The van der Waals surface area contributed by atoms with Crippen LogP contribution in [0.5, 0.6) is 5.75 Å². The summed E-state index contributed by atoms with van der Waals surface area (Å²) in [5.74, 6) is -0.0426. The SMILES string of the molecule is CC(C)NC(=O)N(C)C[C@@H]1Oc2cc(-c3cccnc3)ccc2S(=O)(=O)N([C@H](C)CO)C[C@@H]1C. The van der Waals surface area contributed by atoms with Gasteiger partial charge in [-0.15, -0.1) is 0 Å². The van der Waals surface area contributed by atoms with Crippen molar-refractivity contribution in [2.75, 3.05) is 26.7 Å². The van der Waals surface area contributed by atoms with Crippen LogP contribution in [0.4, 0.5) is 4.79 Å². The molecule has 2 N–H and O–H groups in total. The number of amides is 2. The lowest BCUT2D eigenvalue weighted by Gasteiger charge is -2.37. The van der Waals surface area contributed by atoms with Crippen LogP contribution in [0.2, 0.25) is 0 Å². The van der Waals surface area contributed by atoms with E-state index in [2.05, 4.69) is 10.3 Å². The number of benzene rings is 1. The van der Waals surface area contributed by atoms with Crippen LogP contribution in [0.25, 0.3) is 11.1 Å². The predicted octanol–water partition coefficient (Wildman–Crippen LogP) is 2.57. The number of carbonyl (C=O) groups excluding carboxylic acids is 1. The molecule has 3 atom stereocenters. The number of nitrogens with zero attached hydrogens (tertiary/aromatic N) is 3. The zero-order chi connectivity index (χ0) is 25.0. The van der Waals surface area contributed by atoms with E-state index in [0.717, 1.165) is 11.1 Å². The van der Waals surface area contributed by atoms with Crippen molar-refractivity contribution in [3.8, 4) is 16.9 Å². The van der Waals surface area contributed by atoms with Crippen LogP contribution in [-0.2, 0) is 10.0 Å². The number of aliphatic hydroxyl groups is 1. The number of likely N-dealkylation sites (N-methyl/N-ethyl adjacent to an activating group) is 1. The number of hydrogen-bond donors (Lipinski definition) is 2. The van der Waals surface area contributed by atoms with Gasteiger partial charge in [-0.3, -0.25) is 4.98 Å². The summed E-state index contributed by atoms with van der Waals surface area (Å²) in [6, 6.07) is 7.79. The third kappa shape index (κ3) is 5.68. The number of aromatic nitrogens is 1. The Morgan fingerprint density at radius 3 is 2.65 bits per heavy atom. The molecule has 0 bridgehead atoms. The van der Waals surface area contributed by atoms with Gasteiger partial charge in [0, 0.05) is 49.6 Å². The summed E-state index contributed by atoms with van der Waals surface area (Å²) in [4.78, 5) is 18.2. The third-order valence-electron chi connectivity index (χ3n) is 5.87. The number of rotatable bonds is 6. The fourth-order valence-corrected chi connectivity index (χ4v) is 5.69. The molecule has 2 aromatic rings. The van der Waals surface area contributed by atoms with E-state index in [-0.39, 0.29) is 48.3 Å². The molecule has 0 saturated carbocycles. The highest BCUT2D eigenvalue weighted by molar-refractivity contribution is 7.89. The van der Waals surface area contributed by atoms with E-state index in [1.807, 2.05) is 32.9 Å². The Kier molecular flexibility index (Phi) is 8.17. The lowest BCUT2D eigenvalue weighted by atomic mass is 10.0. The zero-order valence-corrected chi connectivity index (χ0v) is 21.1. The number of pyridine rings is 1. The molecule has 0 radical (unpaired) electrons. The highest BCUT2D eigenvalue weighted by atomic mass is 32.2. The number of urea groups is 1. The van der Waals surface area contributed by atoms with Gasteiger partial charge in [0.1, 0.15) is 16.7 Å². The van der Waals surface area contributed by atoms with Gasteiger partial charge in [0.15, 0.2) is 0 Å². The number of hydrogen-bond acceptors (Lipinski definition) is 6. The van der Waals surface area contributed by atoms with Crippen LogP contribution in [-0.4, -0.2) is 78.7 Å². The highest BCUT2D eigenvalue weighted by Crippen LogP contribution is 2.36. The molecule has 9 nitrogen and oxygen atoms in total. The van der Waals surface area contributed by atoms with Gasteiger partial charge in [0.25, 0.3) is 0 Å². The second kappa shape index (κ2) is 10.7. The average Bonchev–Trinajstić information content (AvgIpc) is 2.80. The smallest absolute Gasteiger partial charge is 0.317 e. The van der Waals surface area contributed by atoms with Crippen molar-refractivity contribution < 1.29 is 23.1 Å². The minimum absolute atomic E-state index is 0.0144. The Morgan fingerprint density at radius 2 is 2.03 bits per heavy atom. The normalized spacial score (nSPS) is 21.0. The zero-order valence-electron chi connectivity index (χ0n) is 20.3. The number of nitrogens with one attached hydrogen (secondary N) is 1. The highest BCUT2D eigenvalue weighted by Gasteiger charge is 2.38. The molecule has 1 aliphatic heterocycles. The van der Waals surface area contributed by atoms with Gasteiger partial charge in [-0.1, -0.05) is 19.1 Å². The first-order chi connectivity index (χ1) is 16.0. The van der Waals surface area contributed by atoms with Crippen LogP contribution in [0, 0.1) is 5.92 Å². The Balaban J connectivity index is 2.06. The average molecular weight is 491 g/mol. The number of sulfonamides is 1. The maximum atomic E-state index is 13.6. The van der Waals surface area contributed by atoms with E-state index in [1.165, 1.54) is 10.4 Å². The second-order valence-electron chi connectivity index (χ2n) is 9.13. The van der Waals surface area contributed by atoms with Crippen molar-refractivity contribution in [1.29, 1.82) is 0 Å². The van der Waals surface area contributed by atoms with Gasteiger partial charge in [0.2, 0.25) is 10.0 Å². The molecule has 0 aliphatic carbocycles. The van der Waals surface area contributed by atoms with Crippen LogP contribution in [0.15, 0.2) is 47.6 Å². The van der Waals surface area contributed by atoms with E-state index in [9.17, 15) is 18.3 Å². The van der Waals surface area contributed by atoms with Crippen molar-refractivity contribution >= 4 is 16.1 Å². The lowest BCUT2D eigenvalue weighted by Crippen LogP contribution is -2.51. The topological polar surface area (TPSA) is 112 Å². The van der Waals surface area contributed by atoms with Crippen molar-refractivity contribution in [2.24, 2.45) is 5.92 Å². The molecule has 0 unspecified atom stereocenters. The maximum Gasteiger partial charge on any atom is 0.317 e. The fourth-order valence-electron chi connectivity index (χ4n) is 3.87. The quantitative estimate of drug-likeness (QED) is 0.644. The molecule has 1 aromatic carbocycles. The number of ether oxygens (including phenoxy) is 1. The van der Waals surface area contributed by atoms with Crippen molar-refractivity contribution in [3.63, 3.8) is 0 Å². The van der Waals surface area contributed by atoms with Gasteiger partial charge in [-0.25, -0.2) is 13.2 Å². The first kappa shape index (κ1) is 25.9. The Labute approximate surface area is 201 Å². The van der Waals surface area contributed by atoms with E-state index < -0.39 is 22.2 Å². The van der Waals surface area contributed by atoms with E-state index in [1.54, 1.807) is 43.4 Å². The molecule has 1 aromatic heterocycles. The molecule has 34 heavy (non-hydrogen) atoms. The lowest BCUT2D eigenvalue weighted by molar-refractivity contribution is 0.0810. The summed E-state index contributed by atoms with van der Waals surface area (Å²) in [7, 11) is -2.25. The molecule has 2 amide bonds. The predicted molar refractivity (Wildman–Crippen MR) is 130 cm³/mol. The van der Waals surface area contributed by atoms with E-state index in [0.29, 0.717) is 0 Å². The molecular formula is C24H34N4O5S. The molecule has 186 valence electrons. The molecule has 0 saturated heterocycles. The number of carbonyl (C=O) groups is 1. The summed E-state index contributed by atoms with van der Waals surface area (Å²) in [5.41, 5.74) is 1.59. The first-order valence-corrected chi connectivity index (χ1v) is 12.8. The van der Waals surface area contributed by atoms with E-state index in [4.69, 9.17) is 4.74 Å². The largest absolute Gasteiger partial charge is 0.487 e. The van der Waals surface area contributed by atoms with Crippen LogP contribution < -0.4 is 10.1 Å². The second-order valence-corrected chi connectivity index (χ2v) is 11.0. The molecule has 1 aliphatic rings. The number of aliphatic hydroxyl groups excluding tert-OH is 1. The molecule has 3 rings (SSSR count). The van der Waals surface area contributed by atoms with E-state index >= 15 is 0 Å². The summed E-state index contributed by atoms with van der Waals surface area (Å²) in [5, 5.41) is 12.6. The van der Waals surface area contributed by atoms with Crippen LogP contribution in [0.3, 0.4) is 0 Å². The molecule has 0 spiro atoms. The summed E-state index contributed by atoms with van der Waals surface area (Å²) in [6.07, 6.45) is 2.89. The van der Waals surface area contributed by atoms with Gasteiger partial charge < -0.3 is 20.1 Å².